The number of nitrogens with zero attached hydrogens (tertiary/aromatic N) is 1. The minimum Gasteiger partial charge on any atom is -0.374 e. The number of anilines is 1. The van der Waals surface area contributed by atoms with E-state index in [4.69, 9.17) is 0 Å². The van der Waals surface area contributed by atoms with E-state index in [2.05, 4.69) is 75.8 Å². The van der Waals surface area contributed by atoms with Crippen LogP contribution in [0.4, 0.5) is 5.69 Å². The molecule has 1 aromatic carbocycles. The van der Waals surface area contributed by atoms with Crippen molar-refractivity contribution in [2.75, 3.05) is 25.5 Å². The first-order valence-electron chi connectivity index (χ1n) is 6.82. The predicted octanol–water partition coefficient (Wildman–Crippen LogP) is 4.47. The average molecular weight is 353 g/mol. The molecule has 1 aromatic heterocycles. The molecule has 2 aromatic rings. The van der Waals surface area contributed by atoms with Crippen LogP contribution < -0.4 is 10.2 Å². The fourth-order valence-electron chi connectivity index (χ4n) is 2.23. The Balaban J connectivity index is 2.14. The second-order valence-electron chi connectivity index (χ2n) is 4.96. The van der Waals surface area contributed by atoms with Crippen molar-refractivity contribution in [2.24, 2.45) is 0 Å². The zero-order valence-corrected chi connectivity index (χ0v) is 14.6. The van der Waals surface area contributed by atoms with Crippen molar-refractivity contribution < 1.29 is 0 Å². The van der Waals surface area contributed by atoms with E-state index in [1.165, 1.54) is 16.1 Å². The molecule has 4 heteroatoms. The first kappa shape index (κ1) is 15.5. The van der Waals surface area contributed by atoms with Gasteiger partial charge in [-0.3, -0.25) is 0 Å². The van der Waals surface area contributed by atoms with E-state index in [1.807, 2.05) is 18.4 Å². The molecule has 2 rings (SSSR count). The Labute approximate surface area is 133 Å². The summed E-state index contributed by atoms with van der Waals surface area (Å²) < 4.78 is 1.13. The largest absolute Gasteiger partial charge is 0.374 e. The summed E-state index contributed by atoms with van der Waals surface area (Å²) in [6, 6.07) is 11.2. The molecule has 0 amide bonds. The standard InChI is InChI=1S/C16H21BrN2S/c1-12(18-2)15-11-13(17)6-7-16(15)19(3)9-8-14-5-4-10-20-14/h4-7,10-12,18H,8-9H2,1-3H3. The van der Waals surface area contributed by atoms with E-state index < -0.39 is 0 Å². The van der Waals surface area contributed by atoms with E-state index in [-0.39, 0.29) is 0 Å². The SMILES string of the molecule is CNC(C)c1cc(Br)ccc1N(C)CCc1cccs1. The summed E-state index contributed by atoms with van der Waals surface area (Å²) in [5.74, 6) is 0. The van der Waals surface area contributed by atoms with Crippen LogP contribution in [-0.2, 0) is 6.42 Å². The predicted molar refractivity (Wildman–Crippen MR) is 92.9 cm³/mol. The molecule has 1 N–H and O–H groups in total. The fraction of sp³-hybridized carbons (Fsp3) is 0.375. The van der Waals surface area contributed by atoms with Gasteiger partial charge in [0.1, 0.15) is 0 Å². The van der Waals surface area contributed by atoms with Crippen LogP contribution in [0.15, 0.2) is 40.2 Å². The molecular formula is C16H21BrN2S. The molecule has 108 valence electrons. The number of halogens is 1. The van der Waals surface area contributed by atoms with Crippen LogP contribution in [0.3, 0.4) is 0 Å². The maximum atomic E-state index is 3.57. The third-order valence-corrected chi connectivity index (χ3v) is 5.00. The van der Waals surface area contributed by atoms with Gasteiger partial charge in [0, 0.05) is 34.7 Å². The third-order valence-electron chi connectivity index (χ3n) is 3.57. The first-order valence-corrected chi connectivity index (χ1v) is 8.49. The molecule has 1 heterocycles. The van der Waals surface area contributed by atoms with Crippen molar-refractivity contribution in [3.8, 4) is 0 Å². The zero-order valence-electron chi connectivity index (χ0n) is 12.2. The van der Waals surface area contributed by atoms with Crippen molar-refractivity contribution in [1.29, 1.82) is 0 Å². The molecule has 1 atom stereocenters. The average Bonchev–Trinajstić information content (AvgIpc) is 2.97. The van der Waals surface area contributed by atoms with Crippen LogP contribution in [0.25, 0.3) is 0 Å². The number of likely N-dealkylation sites (N-methyl/N-ethyl adjacent to an activating group) is 1. The smallest absolute Gasteiger partial charge is 0.0412 e. The Bertz CT molecular complexity index is 539. The number of hydrogen-bond donors (Lipinski definition) is 1. The van der Waals surface area contributed by atoms with Gasteiger partial charge in [0.05, 0.1) is 0 Å². The number of thiophene rings is 1. The minimum absolute atomic E-state index is 0.340. The van der Waals surface area contributed by atoms with Gasteiger partial charge in [0.2, 0.25) is 0 Å². The van der Waals surface area contributed by atoms with Crippen LogP contribution >= 0.6 is 27.3 Å². The van der Waals surface area contributed by atoms with Crippen LogP contribution in [0.5, 0.6) is 0 Å². The Morgan fingerprint density at radius 2 is 2.15 bits per heavy atom. The number of rotatable bonds is 6. The van der Waals surface area contributed by atoms with Gasteiger partial charge < -0.3 is 10.2 Å². The van der Waals surface area contributed by atoms with Crippen molar-refractivity contribution in [3.63, 3.8) is 0 Å². The van der Waals surface area contributed by atoms with E-state index in [1.54, 1.807) is 0 Å². The topological polar surface area (TPSA) is 15.3 Å². The van der Waals surface area contributed by atoms with Crippen LogP contribution in [0.1, 0.15) is 23.4 Å². The number of benzene rings is 1. The van der Waals surface area contributed by atoms with E-state index in [9.17, 15) is 0 Å². The molecule has 0 radical (unpaired) electrons. The highest BCUT2D eigenvalue weighted by molar-refractivity contribution is 9.10. The van der Waals surface area contributed by atoms with E-state index >= 15 is 0 Å². The molecule has 0 saturated heterocycles. The molecule has 20 heavy (non-hydrogen) atoms. The molecule has 0 spiro atoms. The molecule has 0 aliphatic carbocycles. The van der Waals surface area contributed by atoms with Crippen molar-refractivity contribution in [3.05, 3.63) is 50.6 Å². The maximum absolute atomic E-state index is 3.57. The van der Waals surface area contributed by atoms with Gasteiger partial charge in [-0.2, -0.15) is 0 Å². The second kappa shape index (κ2) is 7.25. The molecule has 0 bridgehead atoms. The van der Waals surface area contributed by atoms with Crippen LogP contribution in [-0.4, -0.2) is 20.6 Å². The summed E-state index contributed by atoms with van der Waals surface area (Å²) in [5.41, 5.74) is 2.63. The van der Waals surface area contributed by atoms with Crippen LogP contribution in [0.2, 0.25) is 0 Å². The number of hydrogen-bond acceptors (Lipinski definition) is 3. The Hall–Kier alpha value is -0.840. The van der Waals surface area contributed by atoms with Gasteiger partial charge >= 0.3 is 0 Å². The van der Waals surface area contributed by atoms with Gasteiger partial charge in [-0.05, 0) is 55.6 Å². The molecule has 0 saturated carbocycles. The minimum atomic E-state index is 0.340. The molecule has 2 nitrogen and oxygen atoms in total. The summed E-state index contributed by atoms with van der Waals surface area (Å²) in [4.78, 5) is 3.78. The van der Waals surface area contributed by atoms with Crippen LogP contribution in [0, 0.1) is 0 Å². The number of nitrogens with one attached hydrogen (secondary N) is 1. The molecule has 0 aliphatic heterocycles. The summed E-state index contributed by atoms with van der Waals surface area (Å²) in [5, 5.41) is 5.47. The monoisotopic (exact) mass is 352 g/mol. The lowest BCUT2D eigenvalue weighted by atomic mass is 10.1. The highest BCUT2D eigenvalue weighted by Crippen LogP contribution is 2.29. The lowest BCUT2D eigenvalue weighted by Gasteiger charge is -2.25. The normalized spacial score (nSPS) is 12.4. The Morgan fingerprint density at radius 3 is 2.80 bits per heavy atom. The quantitative estimate of drug-likeness (QED) is 0.824. The van der Waals surface area contributed by atoms with E-state index in [0.717, 1.165) is 17.4 Å². The lowest BCUT2D eigenvalue weighted by molar-refractivity contribution is 0.649. The Morgan fingerprint density at radius 1 is 1.35 bits per heavy atom. The summed E-state index contributed by atoms with van der Waals surface area (Å²) in [7, 11) is 4.17. The van der Waals surface area contributed by atoms with Gasteiger partial charge in [0.25, 0.3) is 0 Å². The zero-order chi connectivity index (χ0) is 14.5. The van der Waals surface area contributed by atoms with Crippen molar-refractivity contribution >= 4 is 33.0 Å². The second-order valence-corrected chi connectivity index (χ2v) is 6.91. The summed E-state index contributed by atoms with van der Waals surface area (Å²) >= 11 is 5.40. The Kier molecular flexibility index (Phi) is 5.64. The molecule has 1 unspecified atom stereocenters. The highest BCUT2D eigenvalue weighted by atomic mass is 79.9. The highest BCUT2D eigenvalue weighted by Gasteiger charge is 2.13. The van der Waals surface area contributed by atoms with Crippen molar-refractivity contribution in [2.45, 2.75) is 19.4 Å². The summed E-state index contributed by atoms with van der Waals surface area (Å²) in [6.07, 6.45) is 1.09. The maximum Gasteiger partial charge on any atom is 0.0412 e. The fourth-order valence-corrected chi connectivity index (χ4v) is 3.31. The molecule has 0 fully saturated rings. The molecule has 0 aliphatic rings. The lowest BCUT2D eigenvalue weighted by Crippen LogP contribution is -2.23. The molecular weight excluding hydrogens is 332 g/mol. The van der Waals surface area contributed by atoms with Gasteiger partial charge in [-0.15, -0.1) is 11.3 Å². The first-order chi connectivity index (χ1) is 9.61. The van der Waals surface area contributed by atoms with Gasteiger partial charge in [-0.25, -0.2) is 0 Å². The van der Waals surface area contributed by atoms with Gasteiger partial charge in [0.15, 0.2) is 0 Å². The third kappa shape index (κ3) is 3.84. The summed E-state index contributed by atoms with van der Waals surface area (Å²) in [6.45, 7) is 3.23. The van der Waals surface area contributed by atoms with Crippen molar-refractivity contribution in [1.82, 2.24) is 5.32 Å². The van der Waals surface area contributed by atoms with E-state index in [0.29, 0.717) is 6.04 Å². The van der Waals surface area contributed by atoms with Gasteiger partial charge in [-0.1, -0.05) is 22.0 Å².